The highest BCUT2D eigenvalue weighted by atomic mass is 32.1. The van der Waals surface area contributed by atoms with Crippen molar-refractivity contribution in [1.82, 2.24) is 4.57 Å². The van der Waals surface area contributed by atoms with Crippen LogP contribution in [-0.4, -0.2) is 4.57 Å². The van der Waals surface area contributed by atoms with Gasteiger partial charge in [0.05, 0.1) is 9.20 Å². The molecule has 3 heterocycles. The Morgan fingerprint density at radius 1 is 1.47 bits per heavy atom. The van der Waals surface area contributed by atoms with E-state index in [4.69, 9.17) is 0 Å². The summed E-state index contributed by atoms with van der Waals surface area (Å²) in [5, 5.41) is 2.02. The zero-order valence-electron chi connectivity index (χ0n) is 7.97. The Morgan fingerprint density at radius 3 is 3.13 bits per heavy atom. The molecule has 0 aromatic carbocycles. The number of thiazole rings is 1. The van der Waals surface area contributed by atoms with Gasteiger partial charge in [0.15, 0.2) is 0 Å². The molecule has 4 heteroatoms. The monoisotopic (exact) mass is 235 g/mol. The quantitative estimate of drug-likeness (QED) is 0.722. The number of hydrogen-bond acceptors (Lipinski definition) is 3. The molecule has 0 amide bonds. The summed E-state index contributed by atoms with van der Waals surface area (Å²) >= 11 is 3.25. The van der Waals surface area contributed by atoms with Gasteiger partial charge in [0.2, 0.25) is 0 Å². The molecular weight excluding hydrogens is 226 g/mol. The van der Waals surface area contributed by atoms with E-state index in [-0.39, 0.29) is 5.56 Å². The molecule has 2 nitrogen and oxygen atoms in total. The van der Waals surface area contributed by atoms with Crippen LogP contribution >= 0.6 is 22.7 Å². The number of hydrogen-bond donors (Lipinski definition) is 0. The highest BCUT2D eigenvalue weighted by Crippen LogP contribution is 2.08. The van der Waals surface area contributed by atoms with Gasteiger partial charge in [0, 0.05) is 11.4 Å². The van der Waals surface area contributed by atoms with Crippen LogP contribution in [0.3, 0.4) is 0 Å². The summed E-state index contributed by atoms with van der Waals surface area (Å²) in [6, 6.07) is 4.03. The van der Waals surface area contributed by atoms with Crippen LogP contribution < -0.4 is 14.8 Å². The molecule has 2 aromatic rings. The summed E-state index contributed by atoms with van der Waals surface area (Å²) in [7, 11) is 0. The molecule has 1 aliphatic rings. The van der Waals surface area contributed by atoms with Crippen LogP contribution in [0, 0.1) is 0 Å². The van der Waals surface area contributed by atoms with E-state index in [1.165, 1.54) is 0 Å². The van der Waals surface area contributed by atoms with E-state index < -0.39 is 0 Å². The second kappa shape index (κ2) is 3.47. The standard InChI is InChI=1S/C11H9NOS2/c13-11-9(7-8-3-2-6-14-8)15-10-4-1-5-12(10)11/h2-4,6-7H,1,5H2/b9-7+. The Hall–Kier alpha value is -1.13. The molecule has 0 saturated carbocycles. The molecule has 0 fully saturated rings. The fourth-order valence-corrected chi connectivity index (χ4v) is 3.55. The average molecular weight is 235 g/mol. The number of fused-ring (bicyclic) bond motifs is 1. The summed E-state index contributed by atoms with van der Waals surface area (Å²) in [5.41, 5.74) is 0.164. The lowest BCUT2D eigenvalue weighted by Crippen LogP contribution is -2.28. The van der Waals surface area contributed by atoms with Crippen molar-refractivity contribution >= 4 is 34.8 Å². The van der Waals surface area contributed by atoms with Gasteiger partial charge in [0.1, 0.15) is 0 Å². The first-order valence-corrected chi connectivity index (χ1v) is 6.49. The van der Waals surface area contributed by atoms with Crippen LogP contribution in [0.2, 0.25) is 0 Å². The van der Waals surface area contributed by atoms with Gasteiger partial charge in [-0.05, 0) is 30.0 Å². The molecule has 0 spiro atoms. The fourth-order valence-electron chi connectivity index (χ4n) is 1.72. The summed E-state index contributed by atoms with van der Waals surface area (Å²) in [6.45, 7) is 0.850. The summed E-state index contributed by atoms with van der Waals surface area (Å²) < 4.78 is 3.83. The van der Waals surface area contributed by atoms with E-state index in [0.29, 0.717) is 0 Å². The maximum atomic E-state index is 11.9. The minimum absolute atomic E-state index is 0.164. The summed E-state index contributed by atoms with van der Waals surface area (Å²) in [5.74, 6) is 0. The molecule has 0 atom stereocenters. The van der Waals surface area contributed by atoms with E-state index in [0.717, 1.165) is 27.0 Å². The zero-order valence-corrected chi connectivity index (χ0v) is 9.61. The minimum atomic E-state index is 0.164. The predicted molar refractivity (Wildman–Crippen MR) is 64.8 cm³/mol. The van der Waals surface area contributed by atoms with Crippen LogP contribution in [0.5, 0.6) is 0 Å². The van der Waals surface area contributed by atoms with Crippen LogP contribution in [0.15, 0.2) is 22.3 Å². The highest BCUT2D eigenvalue weighted by Gasteiger charge is 2.07. The second-order valence-electron chi connectivity index (χ2n) is 3.41. The molecule has 0 aliphatic carbocycles. The van der Waals surface area contributed by atoms with Crippen molar-refractivity contribution in [1.29, 1.82) is 0 Å². The van der Waals surface area contributed by atoms with E-state index in [1.54, 1.807) is 22.7 Å². The second-order valence-corrected chi connectivity index (χ2v) is 5.46. The smallest absolute Gasteiger partial charge is 0.269 e. The van der Waals surface area contributed by atoms with Gasteiger partial charge < -0.3 is 0 Å². The maximum absolute atomic E-state index is 11.9. The molecule has 2 aromatic heterocycles. The van der Waals surface area contributed by atoms with Gasteiger partial charge in [-0.25, -0.2) is 0 Å². The molecule has 3 rings (SSSR count). The van der Waals surface area contributed by atoms with Crippen LogP contribution in [0.25, 0.3) is 12.2 Å². The highest BCUT2D eigenvalue weighted by molar-refractivity contribution is 7.11. The lowest BCUT2D eigenvalue weighted by Gasteiger charge is -1.87. The molecule has 0 unspecified atom stereocenters. The van der Waals surface area contributed by atoms with E-state index in [1.807, 2.05) is 28.2 Å². The number of nitrogens with zero attached hydrogens (tertiary/aromatic N) is 1. The maximum Gasteiger partial charge on any atom is 0.269 e. The van der Waals surface area contributed by atoms with Crippen molar-refractivity contribution in [3.05, 3.63) is 41.9 Å². The fraction of sp³-hybridized carbons (Fsp3) is 0.182. The first-order valence-electron chi connectivity index (χ1n) is 4.80. The molecule has 76 valence electrons. The van der Waals surface area contributed by atoms with Crippen LogP contribution in [0.4, 0.5) is 0 Å². The van der Waals surface area contributed by atoms with E-state index in [9.17, 15) is 4.79 Å². The SMILES string of the molecule is O=c1/c(=C\c2cccs2)sc2n1CCC=2. The van der Waals surface area contributed by atoms with Gasteiger partial charge in [0.25, 0.3) is 5.56 Å². The number of aromatic nitrogens is 1. The Labute approximate surface area is 94.4 Å². The Kier molecular flexibility index (Phi) is 2.11. The van der Waals surface area contributed by atoms with Crippen molar-refractivity contribution in [2.75, 3.05) is 0 Å². The summed E-state index contributed by atoms with van der Waals surface area (Å²) in [6.07, 6.45) is 5.12. The van der Waals surface area contributed by atoms with Gasteiger partial charge in [-0.2, -0.15) is 0 Å². The van der Waals surface area contributed by atoms with Gasteiger partial charge in [-0.3, -0.25) is 9.36 Å². The normalized spacial score (nSPS) is 15.3. The van der Waals surface area contributed by atoms with Gasteiger partial charge in [-0.15, -0.1) is 22.7 Å². The van der Waals surface area contributed by atoms with Crippen molar-refractivity contribution in [3.63, 3.8) is 0 Å². The Bertz CT molecular complexity index is 646. The lowest BCUT2D eigenvalue weighted by atomic mass is 10.4. The van der Waals surface area contributed by atoms with Gasteiger partial charge >= 0.3 is 0 Å². The van der Waals surface area contributed by atoms with Crippen molar-refractivity contribution < 1.29 is 0 Å². The van der Waals surface area contributed by atoms with Gasteiger partial charge in [-0.1, -0.05) is 6.07 Å². The van der Waals surface area contributed by atoms with Crippen molar-refractivity contribution in [3.8, 4) is 0 Å². The zero-order chi connectivity index (χ0) is 10.3. The Balaban J connectivity index is 2.26. The summed E-state index contributed by atoms with van der Waals surface area (Å²) in [4.78, 5) is 13.1. The molecule has 0 bridgehead atoms. The van der Waals surface area contributed by atoms with Crippen molar-refractivity contribution in [2.24, 2.45) is 0 Å². The molecule has 15 heavy (non-hydrogen) atoms. The van der Waals surface area contributed by atoms with E-state index >= 15 is 0 Å². The predicted octanol–water partition coefficient (Wildman–Crippen LogP) is 0.984. The molecule has 0 radical (unpaired) electrons. The molecule has 0 saturated heterocycles. The molecule has 0 N–H and O–H groups in total. The van der Waals surface area contributed by atoms with Crippen molar-refractivity contribution in [2.45, 2.75) is 13.0 Å². The van der Waals surface area contributed by atoms with Crippen LogP contribution in [0.1, 0.15) is 11.3 Å². The average Bonchev–Trinajstić information content (AvgIpc) is 2.89. The van der Waals surface area contributed by atoms with Crippen LogP contribution in [-0.2, 0) is 6.54 Å². The number of rotatable bonds is 1. The van der Waals surface area contributed by atoms with E-state index in [2.05, 4.69) is 6.08 Å². The minimum Gasteiger partial charge on any atom is -0.299 e. The lowest BCUT2D eigenvalue weighted by molar-refractivity contribution is 0.723. The Morgan fingerprint density at radius 2 is 2.40 bits per heavy atom. The third-order valence-electron chi connectivity index (χ3n) is 2.42. The third kappa shape index (κ3) is 1.50. The number of thiophene rings is 1. The molecular formula is C11H9NOS2. The first-order chi connectivity index (χ1) is 7.34. The topological polar surface area (TPSA) is 22.0 Å². The molecule has 1 aliphatic heterocycles. The first kappa shape index (κ1) is 9.12. The third-order valence-corrected chi connectivity index (χ3v) is 4.35. The largest absolute Gasteiger partial charge is 0.299 e.